The molecule has 0 saturated carbocycles. The largest absolute Gasteiger partial charge is 0.480 e. The lowest BCUT2D eigenvalue weighted by Gasteiger charge is -2.03. The van der Waals surface area contributed by atoms with Gasteiger partial charge in [0.1, 0.15) is 6.54 Å². The fraction of sp³-hybridized carbons (Fsp3) is 0.222. The van der Waals surface area contributed by atoms with Crippen LogP contribution in [0.4, 0.5) is 5.69 Å². The van der Waals surface area contributed by atoms with Crippen molar-refractivity contribution in [3.63, 3.8) is 0 Å². The molecule has 0 aliphatic heterocycles. The number of hydrogen-bond acceptors (Lipinski definition) is 4. The molecule has 2 aromatic heterocycles. The zero-order chi connectivity index (χ0) is 10.8. The van der Waals surface area contributed by atoms with E-state index >= 15 is 0 Å². The molecule has 6 heteroatoms. The second kappa shape index (κ2) is 3.56. The number of carboxylic acid groups (broad SMARTS) is 1. The molecule has 2 rings (SSSR count). The summed E-state index contributed by atoms with van der Waals surface area (Å²) in [4.78, 5) is 14.6. The molecule has 0 aliphatic rings. The number of rotatable bonds is 3. The first-order chi connectivity index (χ1) is 7.18. The van der Waals surface area contributed by atoms with Gasteiger partial charge in [0.2, 0.25) is 0 Å². The molecular weight excluding hydrogens is 196 g/mol. The topological polar surface area (TPSA) is 80.0 Å². The fourth-order valence-corrected chi connectivity index (χ4v) is 1.37. The van der Waals surface area contributed by atoms with E-state index in [1.165, 1.54) is 0 Å². The van der Waals surface area contributed by atoms with E-state index in [1.807, 2.05) is 0 Å². The Morgan fingerprint density at radius 1 is 1.67 bits per heavy atom. The quantitative estimate of drug-likeness (QED) is 0.762. The summed E-state index contributed by atoms with van der Waals surface area (Å²) in [7, 11) is 1.79. The number of aryl methyl sites for hydroxylation is 1. The number of anilines is 1. The Morgan fingerprint density at radius 2 is 2.47 bits per heavy atom. The standard InChI is InChI=1S/C9H10N4O2/c1-13-9-6(4-12-13)7(2-3-10-9)11-5-8(14)15/h2-4H,5H2,1H3,(H,10,11)(H,14,15). The van der Waals surface area contributed by atoms with Crippen LogP contribution in [0, 0.1) is 0 Å². The van der Waals surface area contributed by atoms with E-state index in [0.717, 1.165) is 16.7 Å². The van der Waals surface area contributed by atoms with Gasteiger partial charge in [-0.2, -0.15) is 5.10 Å². The Morgan fingerprint density at radius 3 is 3.20 bits per heavy atom. The van der Waals surface area contributed by atoms with Crippen LogP contribution < -0.4 is 5.32 Å². The first kappa shape index (κ1) is 9.45. The third-order valence-electron chi connectivity index (χ3n) is 2.07. The summed E-state index contributed by atoms with van der Waals surface area (Å²) in [5.41, 5.74) is 1.46. The Labute approximate surface area is 85.5 Å². The molecule has 2 heterocycles. The lowest BCUT2D eigenvalue weighted by atomic mass is 10.3. The Balaban J connectivity index is 2.38. The predicted octanol–water partition coefficient (Wildman–Crippen LogP) is 0.465. The highest BCUT2D eigenvalue weighted by atomic mass is 16.4. The van der Waals surface area contributed by atoms with Gasteiger partial charge in [-0.05, 0) is 6.07 Å². The van der Waals surface area contributed by atoms with Gasteiger partial charge in [0.15, 0.2) is 5.65 Å². The number of nitrogens with zero attached hydrogens (tertiary/aromatic N) is 3. The smallest absolute Gasteiger partial charge is 0.322 e. The van der Waals surface area contributed by atoms with Crippen molar-refractivity contribution in [1.29, 1.82) is 0 Å². The Bertz CT molecular complexity index is 506. The van der Waals surface area contributed by atoms with Crippen molar-refractivity contribution in [2.45, 2.75) is 0 Å². The van der Waals surface area contributed by atoms with E-state index in [4.69, 9.17) is 5.11 Å². The number of nitrogens with one attached hydrogen (secondary N) is 1. The van der Waals surface area contributed by atoms with E-state index in [9.17, 15) is 4.79 Å². The van der Waals surface area contributed by atoms with E-state index in [-0.39, 0.29) is 6.54 Å². The van der Waals surface area contributed by atoms with Crippen molar-refractivity contribution < 1.29 is 9.90 Å². The van der Waals surface area contributed by atoms with Crippen LogP contribution in [-0.2, 0) is 11.8 Å². The van der Waals surface area contributed by atoms with Crippen LogP contribution in [0.2, 0.25) is 0 Å². The van der Waals surface area contributed by atoms with Gasteiger partial charge >= 0.3 is 5.97 Å². The van der Waals surface area contributed by atoms with Crippen molar-refractivity contribution in [3.05, 3.63) is 18.5 Å². The molecule has 2 N–H and O–H groups in total. The lowest BCUT2D eigenvalue weighted by molar-refractivity contribution is -0.134. The summed E-state index contributed by atoms with van der Waals surface area (Å²) in [6, 6.07) is 1.73. The molecule has 0 atom stereocenters. The third kappa shape index (κ3) is 1.74. The summed E-state index contributed by atoms with van der Waals surface area (Å²) >= 11 is 0. The fourth-order valence-electron chi connectivity index (χ4n) is 1.37. The lowest BCUT2D eigenvalue weighted by Crippen LogP contribution is -2.12. The van der Waals surface area contributed by atoms with E-state index < -0.39 is 5.97 Å². The minimum atomic E-state index is -0.899. The minimum Gasteiger partial charge on any atom is -0.480 e. The molecule has 2 aromatic rings. The number of carbonyl (C=O) groups is 1. The highest BCUT2D eigenvalue weighted by Crippen LogP contribution is 2.19. The number of fused-ring (bicyclic) bond motifs is 1. The number of carboxylic acids is 1. The first-order valence-corrected chi connectivity index (χ1v) is 4.41. The van der Waals surface area contributed by atoms with Crippen molar-refractivity contribution in [2.24, 2.45) is 7.05 Å². The van der Waals surface area contributed by atoms with Crippen LogP contribution in [0.1, 0.15) is 0 Å². The highest BCUT2D eigenvalue weighted by molar-refractivity contribution is 5.89. The molecule has 15 heavy (non-hydrogen) atoms. The van der Waals surface area contributed by atoms with Crippen LogP contribution in [0.3, 0.4) is 0 Å². The molecule has 0 fully saturated rings. The van der Waals surface area contributed by atoms with Crippen LogP contribution in [-0.4, -0.2) is 32.4 Å². The maximum Gasteiger partial charge on any atom is 0.322 e. The van der Waals surface area contributed by atoms with Gasteiger partial charge < -0.3 is 10.4 Å². The summed E-state index contributed by atoms with van der Waals surface area (Å²) in [5.74, 6) is -0.899. The van der Waals surface area contributed by atoms with Gasteiger partial charge in [-0.3, -0.25) is 9.48 Å². The SMILES string of the molecule is Cn1ncc2c(NCC(=O)O)ccnc21. The average Bonchev–Trinajstić information content (AvgIpc) is 2.58. The van der Waals surface area contributed by atoms with Crippen LogP contribution >= 0.6 is 0 Å². The number of aromatic nitrogens is 3. The summed E-state index contributed by atoms with van der Waals surface area (Å²) < 4.78 is 1.64. The van der Waals surface area contributed by atoms with Gasteiger partial charge in [-0.25, -0.2) is 4.98 Å². The van der Waals surface area contributed by atoms with Crippen LogP contribution in [0.25, 0.3) is 11.0 Å². The van der Waals surface area contributed by atoms with Crippen molar-refractivity contribution >= 4 is 22.7 Å². The Kier molecular flexibility index (Phi) is 2.24. The molecule has 0 radical (unpaired) electrons. The molecule has 0 aliphatic carbocycles. The third-order valence-corrected chi connectivity index (χ3v) is 2.07. The van der Waals surface area contributed by atoms with Gasteiger partial charge in [-0.15, -0.1) is 0 Å². The number of hydrogen-bond donors (Lipinski definition) is 2. The van der Waals surface area contributed by atoms with Gasteiger partial charge in [0.05, 0.1) is 11.6 Å². The zero-order valence-electron chi connectivity index (χ0n) is 8.14. The molecule has 0 spiro atoms. The molecule has 0 saturated heterocycles. The molecule has 0 bridgehead atoms. The van der Waals surface area contributed by atoms with E-state index in [2.05, 4.69) is 15.4 Å². The van der Waals surface area contributed by atoms with E-state index in [1.54, 1.807) is 30.2 Å². The highest BCUT2D eigenvalue weighted by Gasteiger charge is 2.06. The van der Waals surface area contributed by atoms with Gasteiger partial charge in [0.25, 0.3) is 0 Å². The van der Waals surface area contributed by atoms with Crippen molar-refractivity contribution in [3.8, 4) is 0 Å². The molecule has 6 nitrogen and oxygen atoms in total. The molecule has 0 amide bonds. The predicted molar refractivity (Wildman–Crippen MR) is 54.6 cm³/mol. The van der Waals surface area contributed by atoms with Gasteiger partial charge in [0, 0.05) is 18.9 Å². The zero-order valence-corrected chi connectivity index (χ0v) is 8.14. The second-order valence-electron chi connectivity index (χ2n) is 3.11. The monoisotopic (exact) mass is 206 g/mol. The molecular formula is C9H10N4O2. The summed E-state index contributed by atoms with van der Waals surface area (Å²) in [6.07, 6.45) is 3.28. The van der Waals surface area contributed by atoms with E-state index in [0.29, 0.717) is 0 Å². The van der Waals surface area contributed by atoms with Crippen LogP contribution in [0.15, 0.2) is 18.5 Å². The molecule has 78 valence electrons. The normalized spacial score (nSPS) is 10.5. The molecule has 0 unspecified atom stereocenters. The average molecular weight is 206 g/mol. The van der Waals surface area contributed by atoms with Gasteiger partial charge in [-0.1, -0.05) is 0 Å². The molecule has 0 aromatic carbocycles. The second-order valence-corrected chi connectivity index (χ2v) is 3.11. The van der Waals surface area contributed by atoms with Crippen molar-refractivity contribution in [2.75, 3.05) is 11.9 Å². The Hall–Kier alpha value is -2.11. The van der Waals surface area contributed by atoms with Crippen LogP contribution in [0.5, 0.6) is 0 Å². The summed E-state index contributed by atoms with van der Waals surface area (Å²) in [6.45, 7) is -0.117. The maximum atomic E-state index is 10.4. The number of aliphatic carboxylic acids is 1. The summed E-state index contributed by atoms with van der Waals surface area (Å²) in [5, 5.41) is 16.2. The van der Waals surface area contributed by atoms with Crippen molar-refractivity contribution in [1.82, 2.24) is 14.8 Å². The minimum absolute atomic E-state index is 0.117. The first-order valence-electron chi connectivity index (χ1n) is 4.41. The number of pyridine rings is 1. The maximum absolute atomic E-state index is 10.4.